The Hall–Kier alpha value is -2.35. The zero-order chi connectivity index (χ0) is 16.4. The molecule has 0 bridgehead atoms. The van der Waals surface area contributed by atoms with E-state index in [0.717, 1.165) is 12.8 Å². The third kappa shape index (κ3) is 3.21. The van der Waals surface area contributed by atoms with Gasteiger partial charge < -0.3 is 5.32 Å². The van der Waals surface area contributed by atoms with Crippen LogP contribution in [0.25, 0.3) is 0 Å². The molecule has 2 heteroatoms. The van der Waals surface area contributed by atoms with Gasteiger partial charge in [0.05, 0.1) is 6.04 Å². The van der Waals surface area contributed by atoms with E-state index in [1.807, 2.05) is 0 Å². The van der Waals surface area contributed by atoms with Gasteiger partial charge in [-0.3, -0.25) is 4.79 Å². The molecular weight excluding hydrogens is 282 g/mol. The number of carbonyl (C=O) groups is 1. The van der Waals surface area contributed by atoms with E-state index in [4.69, 9.17) is 0 Å². The maximum atomic E-state index is 11.7. The summed E-state index contributed by atoms with van der Waals surface area (Å²) >= 11 is 0. The van der Waals surface area contributed by atoms with Gasteiger partial charge in [0.15, 0.2) is 0 Å². The lowest BCUT2D eigenvalue weighted by Crippen LogP contribution is -2.30. The van der Waals surface area contributed by atoms with Crippen LogP contribution in [-0.4, -0.2) is 5.91 Å². The van der Waals surface area contributed by atoms with Crippen LogP contribution < -0.4 is 5.32 Å². The van der Waals surface area contributed by atoms with Crippen molar-refractivity contribution < 1.29 is 4.79 Å². The second-order valence-corrected chi connectivity index (χ2v) is 6.44. The Balaban J connectivity index is 2.00. The lowest BCUT2D eigenvalue weighted by molar-refractivity contribution is -0.117. The first-order valence-corrected chi connectivity index (χ1v) is 8.18. The predicted octanol–water partition coefficient (Wildman–Crippen LogP) is 4.57. The Morgan fingerprint density at radius 3 is 2.43 bits per heavy atom. The largest absolute Gasteiger partial charge is 0.346 e. The summed E-state index contributed by atoms with van der Waals surface area (Å²) in [5.74, 6) is 0.303. The van der Waals surface area contributed by atoms with Crippen molar-refractivity contribution in [2.45, 2.75) is 38.6 Å². The molecule has 2 aromatic carbocycles. The van der Waals surface area contributed by atoms with Crippen molar-refractivity contribution in [1.82, 2.24) is 5.32 Å². The zero-order valence-corrected chi connectivity index (χ0v) is 13.8. The second kappa shape index (κ2) is 6.41. The molecule has 118 valence electrons. The number of nitrogens with one attached hydrogen (secondary N) is 1. The monoisotopic (exact) mass is 305 g/mol. The molecule has 0 unspecified atom stereocenters. The average molecular weight is 305 g/mol. The van der Waals surface area contributed by atoms with Crippen LogP contribution in [0.15, 0.2) is 55.1 Å². The molecule has 0 aromatic heterocycles. The van der Waals surface area contributed by atoms with E-state index in [2.05, 4.69) is 68.2 Å². The molecule has 0 saturated heterocycles. The van der Waals surface area contributed by atoms with Gasteiger partial charge in [-0.25, -0.2) is 0 Å². The molecule has 2 nitrogen and oxygen atoms in total. The van der Waals surface area contributed by atoms with E-state index in [1.54, 1.807) is 0 Å². The fourth-order valence-corrected chi connectivity index (χ4v) is 3.48. The summed E-state index contributed by atoms with van der Waals surface area (Å²) < 4.78 is 0. The number of hydrogen-bond acceptors (Lipinski definition) is 1. The maximum absolute atomic E-state index is 11.7. The summed E-state index contributed by atoms with van der Waals surface area (Å²) in [7, 11) is 0. The third-order valence-electron chi connectivity index (χ3n) is 4.72. The van der Waals surface area contributed by atoms with Gasteiger partial charge in [0.1, 0.15) is 0 Å². The van der Waals surface area contributed by atoms with Crippen LogP contribution in [0.4, 0.5) is 0 Å². The number of rotatable bonds is 3. The second-order valence-electron chi connectivity index (χ2n) is 6.44. The molecule has 1 aliphatic rings. The standard InChI is InChI=1S/C21H23NO/c1-4-21(23)22-20-12-11-17(16-8-5-14(2)6-9-16)19-13-15(3)7-10-18(19)20/h4-10,13,17,20H,1,11-12H2,2-3H3,(H,22,23)/t17-,20+/m0/s1. The van der Waals surface area contributed by atoms with E-state index in [-0.39, 0.29) is 11.9 Å². The minimum Gasteiger partial charge on any atom is -0.346 e. The Morgan fingerprint density at radius 1 is 1.04 bits per heavy atom. The first kappa shape index (κ1) is 15.5. The Morgan fingerprint density at radius 2 is 1.74 bits per heavy atom. The van der Waals surface area contributed by atoms with E-state index in [9.17, 15) is 4.79 Å². The van der Waals surface area contributed by atoms with Crippen LogP contribution in [0, 0.1) is 13.8 Å². The number of carbonyl (C=O) groups excluding carboxylic acids is 1. The van der Waals surface area contributed by atoms with E-state index in [1.165, 1.54) is 33.9 Å². The number of benzene rings is 2. The third-order valence-corrected chi connectivity index (χ3v) is 4.72. The molecule has 1 N–H and O–H groups in total. The van der Waals surface area contributed by atoms with Gasteiger partial charge in [-0.2, -0.15) is 0 Å². The summed E-state index contributed by atoms with van der Waals surface area (Å²) in [6.07, 6.45) is 3.34. The molecule has 0 radical (unpaired) electrons. The van der Waals surface area contributed by atoms with Gasteiger partial charge >= 0.3 is 0 Å². The molecule has 3 rings (SSSR count). The van der Waals surface area contributed by atoms with Crippen LogP contribution in [0.5, 0.6) is 0 Å². The van der Waals surface area contributed by atoms with E-state index < -0.39 is 0 Å². The Bertz CT molecular complexity index is 730. The molecule has 0 heterocycles. The molecule has 2 atom stereocenters. The van der Waals surface area contributed by atoms with Crippen molar-refractivity contribution >= 4 is 5.91 Å². The van der Waals surface area contributed by atoms with Gasteiger partial charge in [0, 0.05) is 5.92 Å². The van der Waals surface area contributed by atoms with E-state index >= 15 is 0 Å². The normalized spacial score (nSPS) is 19.7. The molecule has 0 spiro atoms. The predicted molar refractivity (Wildman–Crippen MR) is 94.5 cm³/mol. The first-order valence-electron chi connectivity index (χ1n) is 8.18. The number of amides is 1. The highest BCUT2D eigenvalue weighted by atomic mass is 16.1. The minimum absolute atomic E-state index is 0.0813. The van der Waals surface area contributed by atoms with Crippen molar-refractivity contribution in [2.75, 3.05) is 0 Å². The number of aryl methyl sites for hydroxylation is 2. The Kier molecular flexibility index (Phi) is 4.33. The Labute approximate surface area is 138 Å². The van der Waals surface area contributed by atoms with Gasteiger partial charge in [0.25, 0.3) is 0 Å². The van der Waals surface area contributed by atoms with Crippen LogP contribution in [0.1, 0.15) is 52.6 Å². The molecule has 0 aliphatic heterocycles. The van der Waals surface area contributed by atoms with Crippen molar-refractivity contribution in [3.05, 3.63) is 82.9 Å². The highest BCUT2D eigenvalue weighted by molar-refractivity contribution is 5.87. The smallest absolute Gasteiger partial charge is 0.243 e. The summed E-state index contributed by atoms with van der Waals surface area (Å²) in [6, 6.07) is 15.5. The summed E-state index contributed by atoms with van der Waals surface area (Å²) in [6.45, 7) is 7.79. The SMILES string of the molecule is C=CC(=O)N[C@@H]1CC[C@@H](c2ccc(C)cc2)c2cc(C)ccc21. The average Bonchev–Trinajstić information content (AvgIpc) is 2.55. The van der Waals surface area contributed by atoms with Crippen molar-refractivity contribution in [3.8, 4) is 0 Å². The van der Waals surface area contributed by atoms with Crippen LogP contribution >= 0.6 is 0 Å². The molecule has 1 amide bonds. The van der Waals surface area contributed by atoms with Gasteiger partial charge in [-0.1, -0.05) is 60.2 Å². The van der Waals surface area contributed by atoms with Crippen molar-refractivity contribution in [3.63, 3.8) is 0 Å². The van der Waals surface area contributed by atoms with Gasteiger partial charge in [-0.05, 0) is 49.5 Å². The van der Waals surface area contributed by atoms with Gasteiger partial charge in [-0.15, -0.1) is 0 Å². The van der Waals surface area contributed by atoms with Crippen molar-refractivity contribution in [1.29, 1.82) is 0 Å². The summed E-state index contributed by atoms with van der Waals surface area (Å²) in [5, 5.41) is 3.07. The van der Waals surface area contributed by atoms with Crippen LogP contribution in [-0.2, 0) is 4.79 Å². The topological polar surface area (TPSA) is 29.1 Å². The zero-order valence-electron chi connectivity index (χ0n) is 13.8. The van der Waals surface area contributed by atoms with E-state index in [0.29, 0.717) is 5.92 Å². The summed E-state index contributed by atoms with van der Waals surface area (Å²) in [4.78, 5) is 11.7. The fourth-order valence-electron chi connectivity index (χ4n) is 3.48. The number of fused-ring (bicyclic) bond motifs is 1. The van der Waals surface area contributed by atoms with Crippen molar-refractivity contribution in [2.24, 2.45) is 0 Å². The molecule has 2 aromatic rings. The molecule has 0 saturated carbocycles. The first-order chi connectivity index (χ1) is 11.1. The highest BCUT2D eigenvalue weighted by Gasteiger charge is 2.28. The molecule has 23 heavy (non-hydrogen) atoms. The van der Waals surface area contributed by atoms with Crippen LogP contribution in [0.2, 0.25) is 0 Å². The fraction of sp³-hybridized carbons (Fsp3) is 0.286. The van der Waals surface area contributed by atoms with Gasteiger partial charge in [0.2, 0.25) is 5.91 Å². The molecule has 0 fully saturated rings. The van der Waals surface area contributed by atoms with Crippen LogP contribution in [0.3, 0.4) is 0 Å². The lowest BCUT2D eigenvalue weighted by Gasteiger charge is -2.32. The molecule has 1 aliphatic carbocycles. The number of hydrogen-bond donors (Lipinski definition) is 1. The minimum atomic E-state index is -0.102. The quantitative estimate of drug-likeness (QED) is 0.827. The lowest BCUT2D eigenvalue weighted by atomic mass is 9.76. The highest BCUT2D eigenvalue weighted by Crippen LogP contribution is 2.41. The summed E-state index contributed by atoms with van der Waals surface area (Å²) in [5.41, 5.74) is 6.48. The molecular formula is C21H23NO. The maximum Gasteiger partial charge on any atom is 0.243 e.